The highest BCUT2D eigenvalue weighted by Crippen LogP contribution is 2.19. The van der Waals surface area contributed by atoms with E-state index < -0.39 is 0 Å². The molecule has 0 amide bonds. The number of aryl methyl sites for hydroxylation is 2. The van der Waals surface area contributed by atoms with E-state index >= 15 is 0 Å². The Morgan fingerprint density at radius 1 is 1.11 bits per heavy atom. The van der Waals surface area contributed by atoms with Gasteiger partial charge in [0.05, 0.1) is 5.69 Å². The quantitative estimate of drug-likeness (QED) is 0.892. The zero-order valence-electron chi connectivity index (χ0n) is 11.5. The van der Waals surface area contributed by atoms with Crippen LogP contribution in [0, 0.1) is 13.8 Å². The van der Waals surface area contributed by atoms with E-state index in [9.17, 15) is 0 Å². The molecule has 19 heavy (non-hydrogen) atoms. The molecule has 0 radical (unpaired) electrons. The summed E-state index contributed by atoms with van der Waals surface area (Å²) in [5.74, 6) is 0. The molecule has 0 spiro atoms. The van der Waals surface area contributed by atoms with E-state index in [0.29, 0.717) is 0 Å². The molecule has 2 heterocycles. The molecule has 1 aliphatic rings. The second-order valence-corrected chi connectivity index (χ2v) is 5.35. The zero-order chi connectivity index (χ0) is 13.2. The second kappa shape index (κ2) is 5.10. The van der Waals surface area contributed by atoms with E-state index in [2.05, 4.69) is 47.3 Å². The van der Waals surface area contributed by atoms with Crippen LogP contribution in [0.2, 0.25) is 0 Å². The number of nitrogens with one attached hydrogen (secondary N) is 1. The molecule has 0 saturated heterocycles. The average molecular weight is 253 g/mol. The molecule has 3 heteroatoms. The topological polar surface area (TPSA) is 37.8 Å². The molecule has 0 saturated carbocycles. The van der Waals surface area contributed by atoms with E-state index in [0.717, 1.165) is 25.9 Å². The lowest BCUT2D eigenvalue weighted by Crippen LogP contribution is -2.26. The average Bonchev–Trinajstić information content (AvgIpc) is 2.38. The molecule has 0 atom stereocenters. The van der Waals surface area contributed by atoms with Gasteiger partial charge in [0, 0.05) is 37.2 Å². The summed E-state index contributed by atoms with van der Waals surface area (Å²) in [6, 6.07) is 6.70. The summed E-state index contributed by atoms with van der Waals surface area (Å²) in [6.07, 6.45) is 3.62. The van der Waals surface area contributed by atoms with Crippen molar-refractivity contribution in [1.29, 1.82) is 0 Å². The van der Waals surface area contributed by atoms with Crippen molar-refractivity contribution in [2.24, 2.45) is 0 Å². The molecule has 98 valence electrons. The van der Waals surface area contributed by atoms with Gasteiger partial charge in [-0.1, -0.05) is 29.3 Å². The SMILES string of the molecule is Cc1cc(C)cc(Cc2ncnc3c2CNCC3)c1. The normalized spacial score (nSPS) is 14.2. The van der Waals surface area contributed by atoms with Gasteiger partial charge in [-0.3, -0.25) is 0 Å². The third-order valence-electron chi connectivity index (χ3n) is 3.62. The van der Waals surface area contributed by atoms with Crippen molar-refractivity contribution in [3.63, 3.8) is 0 Å². The monoisotopic (exact) mass is 253 g/mol. The van der Waals surface area contributed by atoms with E-state index in [1.54, 1.807) is 6.33 Å². The molecule has 2 aromatic rings. The summed E-state index contributed by atoms with van der Waals surface area (Å²) < 4.78 is 0. The minimum Gasteiger partial charge on any atom is -0.312 e. The lowest BCUT2D eigenvalue weighted by atomic mass is 9.98. The van der Waals surface area contributed by atoms with Crippen LogP contribution in [-0.2, 0) is 19.4 Å². The van der Waals surface area contributed by atoms with Crippen LogP contribution in [0.4, 0.5) is 0 Å². The van der Waals surface area contributed by atoms with Crippen LogP contribution in [0.15, 0.2) is 24.5 Å². The van der Waals surface area contributed by atoms with E-state index in [-0.39, 0.29) is 0 Å². The minimum atomic E-state index is 0.898. The molecule has 3 nitrogen and oxygen atoms in total. The Morgan fingerprint density at radius 2 is 1.89 bits per heavy atom. The summed E-state index contributed by atoms with van der Waals surface area (Å²) in [5, 5.41) is 3.41. The van der Waals surface area contributed by atoms with Crippen molar-refractivity contribution in [3.8, 4) is 0 Å². The van der Waals surface area contributed by atoms with Crippen molar-refractivity contribution in [3.05, 3.63) is 58.2 Å². The van der Waals surface area contributed by atoms with Crippen molar-refractivity contribution in [1.82, 2.24) is 15.3 Å². The number of hydrogen-bond donors (Lipinski definition) is 1. The second-order valence-electron chi connectivity index (χ2n) is 5.35. The van der Waals surface area contributed by atoms with E-state index in [1.807, 2.05) is 0 Å². The Morgan fingerprint density at radius 3 is 2.68 bits per heavy atom. The van der Waals surface area contributed by atoms with Crippen LogP contribution in [-0.4, -0.2) is 16.5 Å². The van der Waals surface area contributed by atoms with Gasteiger partial charge < -0.3 is 5.32 Å². The maximum Gasteiger partial charge on any atom is 0.115 e. The van der Waals surface area contributed by atoms with Crippen molar-refractivity contribution in [2.45, 2.75) is 33.2 Å². The summed E-state index contributed by atoms with van der Waals surface area (Å²) in [6.45, 7) is 6.21. The van der Waals surface area contributed by atoms with Crippen molar-refractivity contribution < 1.29 is 0 Å². The zero-order valence-corrected chi connectivity index (χ0v) is 11.5. The fourth-order valence-corrected chi connectivity index (χ4v) is 2.85. The number of nitrogens with zero attached hydrogens (tertiary/aromatic N) is 2. The summed E-state index contributed by atoms with van der Waals surface area (Å²) in [4.78, 5) is 8.90. The van der Waals surface area contributed by atoms with Crippen LogP contribution in [0.5, 0.6) is 0 Å². The summed E-state index contributed by atoms with van der Waals surface area (Å²) in [7, 11) is 0. The van der Waals surface area contributed by atoms with Gasteiger partial charge >= 0.3 is 0 Å². The number of rotatable bonds is 2. The minimum absolute atomic E-state index is 0.898. The molecule has 1 aromatic heterocycles. The fraction of sp³-hybridized carbons (Fsp3) is 0.375. The van der Waals surface area contributed by atoms with Gasteiger partial charge in [-0.05, 0) is 19.4 Å². The lowest BCUT2D eigenvalue weighted by Gasteiger charge is -2.18. The Kier molecular flexibility index (Phi) is 3.30. The van der Waals surface area contributed by atoms with Crippen LogP contribution < -0.4 is 5.32 Å². The number of aromatic nitrogens is 2. The van der Waals surface area contributed by atoms with Gasteiger partial charge in [0.2, 0.25) is 0 Å². The Labute approximate surface area is 114 Å². The summed E-state index contributed by atoms with van der Waals surface area (Å²) in [5.41, 5.74) is 7.65. The largest absolute Gasteiger partial charge is 0.312 e. The molecule has 1 aromatic carbocycles. The maximum absolute atomic E-state index is 4.50. The first-order valence-corrected chi connectivity index (χ1v) is 6.82. The van der Waals surface area contributed by atoms with Gasteiger partial charge in [0.25, 0.3) is 0 Å². The molecule has 0 bridgehead atoms. The van der Waals surface area contributed by atoms with Gasteiger partial charge in [-0.25, -0.2) is 9.97 Å². The molecule has 0 unspecified atom stereocenters. The number of benzene rings is 1. The van der Waals surface area contributed by atoms with Gasteiger partial charge in [0.15, 0.2) is 0 Å². The van der Waals surface area contributed by atoms with Crippen LogP contribution in [0.1, 0.15) is 33.6 Å². The van der Waals surface area contributed by atoms with Gasteiger partial charge in [-0.15, -0.1) is 0 Å². The van der Waals surface area contributed by atoms with Crippen LogP contribution in [0.25, 0.3) is 0 Å². The lowest BCUT2D eigenvalue weighted by molar-refractivity contribution is 0.618. The van der Waals surface area contributed by atoms with Crippen molar-refractivity contribution in [2.75, 3.05) is 6.54 Å². The first-order valence-electron chi connectivity index (χ1n) is 6.82. The molecule has 0 aliphatic carbocycles. The fourth-order valence-electron chi connectivity index (χ4n) is 2.85. The molecular weight excluding hydrogens is 234 g/mol. The Balaban J connectivity index is 1.95. The van der Waals surface area contributed by atoms with Gasteiger partial charge in [0.1, 0.15) is 6.33 Å². The van der Waals surface area contributed by atoms with Crippen LogP contribution >= 0.6 is 0 Å². The Bertz CT molecular complexity index is 585. The predicted octanol–water partition coefficient (Wildman–Crippen LogP) is 2.33. The number of hydrogen-bond acceptors (Lipinski definition) is 3. The third-order valence-corrected chi connectivity index (χ3v) is 3.62. The van der Waals surface area contributed by atoms with Gasteiger partial charge in [-0.2, -0.15) is 0 Å². The highest BCUT2D eigenvalue weighted by Gasteiger charge is 2.15. The number of fused-ring (bicyclic) bond motifs is 1. The van der Waals surface area contributed by atoms with Crippen LogP contribution in [0.3, 0.4) is 0 Å². The highest BCUT2D eigenvalue weighted by atomic mass is 14.9. The molecular formula is C16H19N3. The molecule has 1 N–H and O–H groups in total. The van der Waals surface area contributed by atoms with E-state index in [1.165, 1.54) is 33.6 Å². The summed E-state index contributed by atoms with van der Waals surface area (Å²) >= 11 is 0. The molecule has 1 aliphatic heterocycles. The molecule has 0 fully saturated rings. The first-order chi connectivity index (χ1) is 9.22. The first kappa shape index (κ1) is 12.3. The molecule has 3 rings (SSSR count). The maximum atomic E-state index is 4.50. The van der Waals surface area contributed by atoms with Crippen molar-refractivity contribution >= 4 is 0 Å². The predicted molar refractivity (Wildman–Crippen MR) is 76.2 cm³/mol. The van der Waals surface area contributed by atoms with E-state index in [4.69, 9.17) is 0 Å². The Hall–Kier alpha value is -1.74. The highest BCUT2D eigenvalue weighted by molar-refractivity contribution is 5.35. The smallest absolute Gasteiger partial charge is 0.115 e. The standard InChI is InChI=1S/C16H19N3/c1-11-5-12(2)7-13(6-11)8-16-14-9-17-4-3-15(14)18-10-19-16/h5-7,10,17H,3-4,8-9H2,1-2H3. The third kappa shape index (κ3) is 2.66.